The molecule has 2 nitrogen and oxygen atoms in total. The van der Waals surface area contributed by atoms with Crippen LogP contribution in [0.5, 0.6) is 0 Å². The molecular weight excluding hydrogens is 384 g/mol. The van der Waals surface area contributed by atoms with Crippen molar-refractivity contribution in [3.63, 3.8) is 0 Å². The van der Waals surface area contributed by atoms with Crippen molar-refractivity contribution in [2.75, 3.05) is 13.2 Å². The molecule has 1 saturated carbocycles. The van der Waals surface area contributed by atoms with Crippen LogP contribution < -0.4 is 10.4 Å². The van der Waals surface area contributed by atoms with Gasteiger partial charge >= 0.3 is 0 Å². The fourth-order valence-corrected chi connectivity index (χ4v) is 7.94. The molecule has 3 aromatic rings. The first-order chi connectivity index (χ1) is 14.6. The zero-order chi connectivity index (χ0) is 20.9. The first-order valence-corrected chi connectivity index (χ1v) is 12.7. The van der Waals surface area contributed by atoms with E-state index in [1.807, 2.05) is 6.07 Å². The molecule has 0 heterocycles. The molecule has 0 aromatic heterocycles. The molecule has 0 bridgehead atoms. The van der Waals surface area contributed by atoms with Crippen molar-refractivity contribution in [2.45, 2.75) is 43.9 Å². The maximum atomic E-state index is 6.35. The lowest BCUT2D eigenvalue weighted by atomic mass is 10.2. The highest BCUT2D eigenvalue weighted by Gasteiger charge is 2.45. The minimum absolute atomic E-state index is 0.0809. The minimum atomic E-state index is -1.46. The largest absolute Gasteiger partial charge is 0.378 e. The normalized spacial score (nSPS) is 15.3. The molecule has 4 rings (SSSR count). The summed E-state index contributed by atoms with van der Waals surface area (Å²) in [6.07, 6.45) is 2.19. The van der Waals surface area contributed by atoms with Crippen LogP contribution in [0.15, 0.2) is 91.0 Å². The van der Waals surface area contributed by atoms with Crippen LogP contribution in [-0.4, -0.2) is 27.6 Å². The van der Waals surface area contributed by atoms with Gasteiger partial charge in [-0.25, -0.2) is 0 Å². The third-order valence-corrected chi connectivity index (χ3v) is 9.91. The van der Waals surface area contributed by atoms with Crippen LogP contribution in [0.25, 0.3) is 0 Å². The Kier molecular flexibility index (Phi) is 6.52. The molecule has 3 heteroatoms. The summed E-state index contributed by atoms with van der Waals surface area (Å²) in [5.74, 6) is 0. The highest BCUT2D eigenvalue weighted by molar-refractivity contribution is 6.87. The topological polar surface area (TPSA) is 18.5 Å². The maximum Gasteiger partial charge on any atom is 0.110 e. The molecular formula is C27H32O2Si. The van der Waals surface area contributed by atoms with Crippen LogP contribution in [0.4, 0.5) is 0 Å². The van der Waals surface area contributed by atoms with E-state index in [-0.39, 0.29) is 10.6 Å². The quantitative estimate of drug-likeness (QED) is 0.451. The van der Waals surface area contributed by atoms with E-state index in [0.717, 1.165) is 19.4 Å². The van der Waals surface area contributed by atoms with E-state index < -0.39 is 8.80 Å². The van der Waals surface area contributed by atoms with Gasteiger partial charge in [-0.3, -0.25) is 0 Å². The Bertz CT molecular complexity index is 866. The van der Waals surface area contributed by atoms with Gasteiger partial charge in [0, 0.05) is 6.61 Å². The van der Waals surface area contributed by atoms with Crippen LogP contribution in [0.1, 0.15) is 32.3 Å². The Morgan fingerprint density at radius 3 is 1.77 bits per heavy atom. The summed E-state index contributed by atoms with van der Waals surface area (Å²) in [6, 6.07) is 32.4. The third kappa shape index (κ3) is 5.28. The predicted octanol–water partition coefficient (Wildman–Crippen LogP) is 4.57. The highest BCUT2D eigenvalue weighted by Crippen LogP contribution is 2.41. The van der Waals surface area contributed by atoms with Gasteiger partial charge in [-0.1, -0.05) is 115 Å². The maximum absolute atomic E-state index is 6.35. The van der Waals surface area contributed by atoms with Crippen molar-refractivity contribution in [3.05, 3.63) is 96.6 Å². The van der Waals surface area contributed by atoms with Crippen molar-refractivity contribution >= 4 is 19.2 Å². The average Bonchev–Trinajstić information content (AvgIpc) is 3.54. The van der Waals surface area contributed by atoms with Gasteiger partial charge in [0.2, 0.25) is 0 Å². The van der Waals surface area contributed by atoms with E-state index in [2.05, 4.69) is 98.8 Å². The SMILES string of the molecule is CC(C)(COCC1(OCc2ccccc2)CC1)[SiH](c1ccccc1)c1ccccc1. The van der Waals surface area contributed by atoms with Crippen LogP contribution in [-0.2, 0) is 16.1 Å². The summed E-state index contributed by atoms with van der Waals surface area (Å²) in [5, 5.41) is 3.04. The molecule has 1 fully saturated rings. The van der Waals surface area contributed by atoms with Crippen LogP contribution in [0.3, 0.4) is 0 Å². The van der Waals surface area contributed by atoms with Crippen LogP contribution in [0.2, 0.25) is 5.04 Å². The number of benzene rings is 3. The van der Waals surface area contributed by atoms with Crippen LogP contribution in [0, 0.1) is 0 Å². The van der Waals surface area contributed by atoms with Crippen molar-refractivity contribution in [2.24, 2.45) is 0 Å². The van der Waals surface area contributed by atoms with E-state index in [1.54, 1.807) is 0 Å². The summed E-state index contributed by atoms with van der Waals surface area (Å²) >= 11 is 0. The van der Waals surface area contributed by atoms with E-state index in [0.29, 0.717) is 13.2 Å². The molecule has 0 amide bonds. The van der Waals surface area contributed by atoms with Gasteiger partial charge in [-0.2, -0.15) is 0 Å². The lowest BCUT2D eigenvalue weighted by Crippen LogP contribution is -2.51. The zero-order valence-electron chi connectivity index (χ0n) is 18.1. The fraction of sp³-hybridized carbons (Fsp3) is 0.333. The Balaban J connectivity index is 1.40. The molecule has 0 atom stereocenters. The molecule has 0 saturated heterocycles. The second-order valence-electron chi connectivity index (χ2n) is 9.19. The van der Waals surface area contributed by atoms with Gasteiger partial charge in [0.1, 0.15) is 8.80 Å². The Morgan fingerprint density at radius 2 is 1.27 bits per heavy atom. The van der Waals surface area contributed by atoms with Gasteiger partial charge < -0.3 is 9.47 Å². The molecule has 0 N–H and O–H groups in total. The van der Waals surface area contributed by atoms with Gasteiger partial charge in [0.25, 0.3) is 0 Å². The lowest BCUT2D eigenvalue weighted by Gasteiger charge is -2.34. The first-order valence-electron chi connectivity index (χ1n) is 10.9. The zero-order valence-corrected chi connectivity index (χ0v) is 19.2. The highest BCUT2D eigenvalue weighted by atomic mass is 28.3. The van der Waals surface area contributed by atoms with E-state index in [1.165, 1.54) is 15.9 Å². The number of hydrogen-bond acceptors (Lipinski definition) is 2. The fourth-order valence-electron chi connectivity index (χ4n) is 4.25. The standard InChI is InChI=1S/C27H32O2Si/c1-26(2,30(24-14-8-4-9-15-24)25-16-10-5-11-17-25)21-28-22-27(18-19-27)29-20-23-12-6-3-7-13-23/h3-17,30H,18-22H2,1-2H3. The molecule has 0 aliphatic heterocycles. The van der Waals surface area contributed by atoms with Crippen molar-refractivity contribution in [1.29, 1.82) is 0 Å². The minimum Gasteiger partial charge on any atom is -0.378 e. The summed E-state index contributed by atoms with van der Waals surface area (Å²) in [6.45, 7) is 6.85. The Morgan fingerprint density at radius 1 is 0.767 bits per heavy atom. The molecule has 3 aromatic carbocycles. The second kappa shape index (κ2) is 9.30. The third-order valence-electron chi connectivity index (χ3n) is 6.08. The van der Waals surface area contributed by atoms with Crippen LogP contribution >= 0.6 is 0 Å². The summed E-state index contributed by atoms with van der Waals surface area (Å²) in [7, 11) is -1.46. The molecule has 156 valence electrons. The summed E-state index contributed by atoms with van der Waals surface area (Å²) < 4.78 is 12.6. The molecule has 1 aliphatic rings. The average molecular weight is 417 g/mol. The first kappa shape index (κ1) is 21.0. The monoisotopic (exact) mass is 416 g/mol. The number of hydrogen-bond donors (Lipinski definition) is 0. The number of ether oxygens (including phenoxy) is 2. The van der Waals surface area contributed by atoms with Crippen molar-refractivity contribution in [3.8, 4) is 0 Å². The van der Waals surface area contributed by atoms with Crippen molar-refractivity contribution in [1.82, 2.24) is 0 Å². The van der Waals surface area contributed by atoms with Gasteiger partial charge in [-0.15, -0.1) is 0 Å². The molecule has 0 radical (unpaired) electrons. The van der Waals surface area contributed by atoms with E-state index in [4.69, 9.17) is 9.47 Å². The number of rotatable bonds is 10. The predicted molar refractivity (Wildman–Crippen MR) is 127 cm³/mol. The van der Waals surface area contributed by atoms with Gasteiger partial charge in [0.15, 0.2) is 0 Å². The lowest BCUT2D eigenvalue weighted by molar-refractivity contribution is -0.0463. The second-order valence-corrected chi connectivity index (χ2v) is 13.0. The van der Waals surface area contributed by atoms with Gasteiger partial charge in [-0.05, 0) is 23.4 Å². The molecule has 30 heavy (non-hydrogen) atoms. The van der Waals surface area contributed by atoms with Crippen molar-refractivity contribution < 1.29 is 9.47 Å². The van der Waals surface area contributed by atoms with E-state index >= 15 is 0 Å². The Hall–Kier alpha value is -2.20. The molecule has 0 unspecified atom stereocenters. The van der Waals surface area contributed by atoms with E-state index in [9.17, 15) is 0 Å². The molecule has 1 aliphatic carbocycles. The molecule has 0 spiro atoms. The summed E-state index contributed by atoms with van der Waals surface area (Å²) in [4.78, 5) is 0. The smallest absolute Gasteiger partial charge is 0.110 e. The van der Waals surface area contributed by atoms with Gasteiger partial charge in [0.05, 0.1) is 18.8 Å². The Labute approximate surface area is 182 Å². The summed E-state index contributed by atoms with van der Waals surface area (Å²) in [5.41, 5.74) is 1.15.